The number of hydrogen-bond donors (Lipinski definition) is 1. The number of benzene rings is 2. The Hall–Kier alpha value is -4.63. The molecule has 3 aromatic heterocycles. The van der Waals surface area contributed by atoms with Crippen molar-refractivity contribution in [3.8, 4) is 22.6 Å². The second kappa shape index (κ2) is 11.0. The van der Waals surface area contributed by atoms with Gasteiger partial charge in [-0.25, -0.2) is 14.6 Å². The Morgan fingerprint density at radius 3 is 2.21 bits per heavy atom. The zero-order valence-corrected chi connectivity index (χ0v) is 21.5. The highest BCUT2D eigenvalue weighted by molar-refractivity contribution is 6.33. The van der Waals surface area contributed by atoms with Crippen LogP contribution >= 0.6 is 11.6 Å². The molecule has 0 amide bonds. The summed E-state index contributed by atoms with van der Waals surface area (Å²) in [6, 6.07) is 7.41. The van der Waals surface area contributed by atoms with E-state index in [-0.39, 0.29) is 50.6 Å². The van der Waals surface area contributed by atoms with E-state index in [0.717, 1.165) is 4.68 Å². The predicted molar refractivity (Wildman–Crippen MR) is 133 cm³/mol. The summed E-state index contributed by atoms with van der Waals surface area (Å²) >= 11 is 6.27. The number of halogens is 7. The molecule has 0 spiro atoms. The maximum atomic E-state index is 13.9. The topological polar surface area (TPSA) is 120 Å². The smallest absolute Gasteiger partial charge is 0.390 e. The first-order valence-electron chi connectivity index (χ1n) is 11.7. The van der Waals surface area contributed by atoms with Crippen LogP contribution in [0.4, 0.5) is 26.3 Å². The molecule has 5 rings (SSSR count). The number of aliphatic hydroxyl groups is 1. The number of ketones is 1. The highest BCUT2D eigenvalue weighted by Gasteiger charge is 2.37. The first-order valence-corrected chi connectivity index (χ1v) is 12.1. The van der Waals surface area contributed by atoms with Gasteiger partial charge in [0.05, 0.1) is 34.9 Å². The van der Waals surface area contributed by atoms with E-state index in [4.69, 9.17) is 16.1 Å². The van der Waals surface area contributed by atoms with Crippen molar-refractivity contribution in [2.75, 3.05) is 0 Å². The molecule has 0 aliphatic rings. The fourth-order valence-corrected chi connectivity index (χ4v) is 4.40. The Bertz CT molecular complexity index is 1740. The molecule has 0 aliphatic carbocycles. The van der Waals surface area contributed by atoms with E-state index in [9.17, 15) is 36.2 Å². The van der Waals surface area contributed by atoms with Gasteiger partial charge in [0.2, 0.25) is 5.78 Å². The van der Waals surface area contributed by atoms with Crippen molar-refractivity contribution in [3.63, 3.8) is 0 Å². The molecule has 3 heterocycles. The minimum atomic E-state index is -5.07. The molecule has 5 aromatic rings. The Balaban J connectivity index is 1.66. The molecule has 0 saturated heterocycles. The molecule has 9 nitrogen and oxygen atoms in total. The van der Waals surface area contributed by atoms with Crippen LogP contribution in [0, 0.1) is 0 Å². The van der Waals surface area contributed by atoms with Crippen molar-refractivity contribution in [2.45, 2.75) is 25.5 Å². The molecule has 16 heteroatoms. The Morgan fingerprint density at radius 1 is 0.976 bits per heavy atom. The molecular formula is C26H15ClF6N6O3. The average molecular weight is 609 g/mol. The molecule has 0 unspecified atom stereocenters. The Labute approximate surface area is 236 Å². The Morgan fingerprint density at radius 2 is 1.62 bits per heavy atom. The number of alkyl halides is 6. The number of nitrogens with zero attached hydrogens (tertiary/aromatic N) is 6. The highest BCUT2D eigenvalue weighted by Crippen LogP contribution is 2.38. The van der Waals surface area contributed by atoms with Gasteiger partial charge in [-0.15, -0.1) is 5.10 Å². The lowest BCUT2D eigenvalue weighted by atomic mass is 9.99. The number of aromatic nitrogens is 6. The monoisotopic (exact) mass is 608 g/mol. The van der Waals surface area contributed by atoms with Gasteiger partial charge >= 0.3 is 12.4 Å². The number of hydrogen-bond acceptors (Lipinski definition) is 8. The van der Waals surface area contributed by atoms with Crippen molar-refractivity contribution < 1.29 is 40.8 Å². The van der Waals surface area contributed by atoms with E-state index >= 15 is 0 Å². The minimum Gasteiger partial charge on any atom is -0.390 e. The lowest BCUT2D eigenvalue weighted by Crippen LogP contribution is -2.14. The third-order valence-corrected chi connectivity index (χ3v) is 6.35. The van der Waals surface area contributed by atoms with Gasteiger partial charge in [-0.1, -0.05) is 34.1 Å². The number of aliphatic hydroxyl groups excluding tert-OH is 1. The van der Waals surface area contributed by atoms with E-state index in [0.29, 0.717) is 12.1 Å². The molecule has 42 heavy (non-hydrogen) atoms. The molecule has 0 aliphatic heterocycles. The molecule has 216 valence electrons. The second-order valence-electron chi connectivity index (χ2n) is 8.79. The van der Waals surface area contributed by atoms with Crippen LogP contribution in [-0.2, 0) is 25.5 Å². The van der Waals surface area contributed by atoms with Gasteiger partial charge in [0.1, 0.15) is 17.7 Å². The molecule has 1 N–H and O–H groups in total. The number of rotatable bonds is 7. The maximum Gasteiger partial charge on any atom is 0.416 e. The van der Waals surface area contributed by atoms with Crippen LogP contribution in [0.5, 0.6) is 0 Å². The minimum absolute atomic E-state index is 0.00427. The largest absolute Gasteiger partial charge is 0.416 e. The Kier molecular flexibility index (Phi) is 7.55. The van der Waals surface area contributed by atoms with Crippen LogP contribution < -0.4 is 0 Å². The normalized spacial score (nSPS) is 12.1. The zero-order chi connectivity index (χ0) is 30.2. The molecule has 0 radical (unpaired) electrons. The van der Waals surface area contributed by atoms with Gasteiger partial charge in [0.15, 0.2) is 11.5 Å². The van der Waals surface area contributed by atoms with Crippen molar-refractivity contribution >= 4 is 17.4 Å². The fraction of sp³-hybridized carbons (Fsp3) is 0.154. The van der Waals surface area contributed by atoms with Crippen molar-refractivity contribution in [2.24, 2.45) is 0 Å². The van der Waals surface area contributed by atoms with E-state index in [2.05, 4.69) is 25.4 Å². The summed E-state index contributed by atoms with van der Waals surface area (Å²) in [7, 11) is 0. The second-order valence-corrected chi connectivity index (χ2v) is 9.19. The summed E-state index contributed by atoms with van der Waals surface area (Å²) in [6.07, 6.45) is -6.47. The number of carbonyl (C=O) groups is 1. The highest BCUT2D eigenvalue weighted by atomic mass is 35.5. The zero-order valence-electron chi connectivity index (χ0n) is 20.8. The molecule has 0 bridgehead atoms. The number of carbonyl (C=O) groups excluding carboxylic acids is 1. The van der Waals surface area contributed by atoms with Gasteiger partial charge in [0, 0.05) is 23.5 Å². The summed E-state index contributed by atoms with van der Waals surface area (Å²) in [6.45, 7) is -1.37. The van der Waals surface area contributed by atoms with Crippen LogP contribution in [0.1, 0.15) is 38.4 Å². The quantitative estimate of drug-likeness (QED) is 0.180. The first-order chi connectivity index (χ1) is 19.9. The van der Waals surface area contributed by atoms with Crippen molar-refractivity contribution in [1.29, 1.82) is 0 Å². The average Bonchev–Trinajstić information content (AvgIpc) is 3.57. The maximum absolute atomic E-state index is 13.9. The first kappa shape index (κ1) is 28.9. The third-order valence-electron chi connectivity index (χ3n) is 6.02. The van der Waals surface area contributed by atoms with Gasteiger partial charge < -0.3 is 9.63 Å². The van der Waals surface area contributed by atoms with Crippen LogP contribution in [0.25, 0.3) is 22.6 Å². The summed E-state index contributed by atoms with van der Waals surface area (Å²) in [5, 5.41) is 21.6. The molecular weight excluding hydrogens is 594 g/mol. The molecule has 2 aromatic carbocycles. The van der Waals surface area contributed by atoms with E-state index in [1.165, 1.54) is 30.9 Å². The van der Waals surface area contributed by atoms with Crippen molar-refractivity contribution in [3.05, 3.63) is 99.8 Å². The lowest BCUT2D eigenvalue weighted by Gasteiger charge is -2.15. The summed E-state index contributed by atoms with van der Waals surface area (Å²) in [5.74, 6) is -0.979. The molecule has 0 saturated carbocycles. The molecule has 0 atom stereocenters. The van der Waals surface area contributed by atoms with Crippen LogP contribution in [0.2, 0.25) is 5.02 Å². The van der Waals surface area contributed by atoms with Gasteiger partial charge in [0.25, 0.3) is 0 Å². The van der Waals surface area contributed by atoms with Crippen LogP contribution in [-0.4, -0.2) is 41.0 Å². The third kappa shape index (κ3) is 5.60. The molecule has 0 fully saturated rings. The van der Waals surface area contributed by atoms with Gasteiger partial charge in [-0.3, -0.25) is 4.79 Å². The van der Waals surface area contributed by atoms with Crippen LogP contribution in [0.3, 0.4) is 0 Å². The van der Waals surface area contributed by atoms with E-state index in [1.807, 2.05) is 0 Å². The standard InChI is InChI=1S/C26H15ClF6N6O3/c27-18-4-2-1-3-17(18)24-20(19(11-40)37-42-24)23(41)21-22(14-8-34-12-35-9-14)39(38-36-21)10-13-5-15(25(28,29)30)7-16(6-13)26(31,32)33/h1-9,12,40H,10-11H2. The summed E-state index contributed by atoms with van der Waals surface area (Å²) in [4.78, 5) is 21.7. The SMILES string of the molecule is O=C(c1nnn(Cc2cc(C(F)(F)F)cc(C(F)(F)F)c2)c1-c1cncnc1)c1c(CO)noc1-c1ccccc1Cl. The van der Waals surface area contributed by atoms with Crippen LogP contribution in [0.15, 0.2) is 65.7 Å². The van der Waals surface area contributed by atoms with Gasteiger partial charge in [-0.05, 0) is 35.9 Å². The van der Waals surface area contributed by atoms with E-state index in [1.54, 1.807) is 12.1 Å². The predicted octanol–water partition coefficient (Wildman–Crippen LogP) is 5.85. The lowest BCUT2D eigenvalue weighted by molar-refractivity contribution is -0.143. The van der Waals surface area contributed by atoms with Gasteiger partial charge in [-0.2, -0.15) is 26.3 Å². The summed E-state index contributed by atoms with van der Waals surface area (Å²) < 4.78 is 87.0. The van der Waals surface area contributed by atoms with E-state index < -0.39 is 48.0 Å². The van der Waals surface area contributed by atoms with Crippen molar-refractivity contribution in [1.82, 2.24) is 30.1 Å². The summed E-state index contributed by atoms with van der Waals surface area (Å²) in [5.41, 5.74) is -3.99. The fourth-order valence-electron chi connectivity index (χ4n) is 4.18.